The van der Waals surface area contributed by atoms with Gasteiger partial charge in [0.1, 0.15) is 17.6 Å². The Bertz CT molecular complexity index is 645. The fourth-order valence-electron chi connectivity index (χ4n) is 2.36. The number of aliphatic hydroxyl groups is 1. The van der Waals surface area contributed by atoms with Gasteiger partial charge >= 0.3 is 13.5 Å². The van der Waals surface area contributed by atoms with Gasteiger partial charge in [0.15, 0.2) is 0 Å². The van der Waals surface area contributed by atoms with Crippen molar-refractivity contribution in [1.82, 2.24) is 9.55 Å². The average molecular weight is 335 g/mol. The zero-order valence-corrected chi connectivity index (χ0v) is 12.7. The predicted molar refractivity (Wildman–Crippen MR) is 74.7 cm³/mol. The van der Waals surface area contributed by atoms with Crippen LogP contribution in [0.4, 0.5) is 5.82 Å². The third-order valence-electron chi connectivity index (χ3n) is 3.64. The van der Waals surface area contributed by atoms with Crippen molar-refractivity contribution in [2.45, 2.75) is 37.7 Å². The number of phosphoric ester groups is 1. The van der Waals surface area contributed by atoms with E-state index in [9.17, 15) is 14.5 Å². The van der Waals surface area contributed by atoms with Crippen molar-refractivity contribution in [2.75, 3.05) is 12.3 Å². The maximum Gasteiger partial charge on any atom is 0.469 e. The number of aliphatic hydroxyl groups excluding tert-OH is 1. The smallest absolute Gasteiger partial charge is 0.390 e. The Morgan fingerprint density at radius 2 is 2.32 bits per heavy atom. The molecule has 1 fully saturated rings. The van der Waals surface area contributed by atoms with Crippen LogP contribution in [0.1, 0.15) is 26.0 Å². The van der Waals surface area contributed by atoms with Crippen molar-refractivity contribution in [1.29, 1.82) is 0 Å². The van der Waals surface area contributed by atoms with Crippen LogP contribution in [-0.2, 0) is 13.8 Å². The molecule has 1 aliphatic rings. The van der Waals surface area contributed by atoms with E-state index in [1.807, 2.05) is 0 Å². The number of nitrogen functional groups attached to an aromatic ring is 1. The standard InChI is InChI=1S/C11H18N3O7P/c1-2-11(6-20-22(17,18)19)7(15)5-9(21-11)14-4-3-8(12)13-10(14)16/h3-4,7,9,15H,2,5-6H2,1H3,(H2,12,13,16)(H2,17,18,19)/t7-,9+,11+/m0/s1. The lowest BCUT2D eigenvalue weighted by atomic mass is 9.95. The van der Waals surface area contributed by atoms with Gasteiger partial charge in [0, 0.05) is 12.6 Å². The van der Waals surface area contributed by atoms with Gasteiger partial charge in [-0.05, 0) is 12.5 Å². The Labute approximate surface area is 125 Å². The molecule has 0 unspecified atom stereocenters. The zero-order chi connectivity index (χ0) is 16.5. The van der Waals surface area contributed by atoms with Gasteiger partial charge in [-0.2, -0.15) is 4.98 Å². The second kappa shape index (κ2) is 6.07. The lowest BCUT2D eigenvalue weighted by molar-refractivity contribution is -0.128. The molecule has 11 heteroatoms. The summed E-state index contributed by atoms with van der Waals surface area (Å²) < 4.78 is 22.2. The molecule has 1 saturated heterocycles. The van der Waals surface area contributed by atoms with E-state index in [0.29, 0.717) is 0 Å². The van der Waals surface area contributed by atoms with E-state index in [0.717, 1.165) is 4.57 Å². The molecular formula is C11H18N3O7P. The summed E-state index contributed by atoms with van der Waals surface area (Å²) in [7, 11) is -4.70. The second-order valence-electron chi connectivity index (χ2n) is 5.05. The van der Waals surface area contributed by atoms with Crippen LogP contribution >= 0.6 is 7.82 Å². The number of nitrogens with zero attached hydrogens (tertiary/aromatic N) is 2. The van der Waals surface area contributed by atoms with Gasteiger partial charge in [-0.1, -0.05) is 6.92 Å². The van der Waals surface area contributed by atoms with Crippen LogP contribution in [0.25, 0.3) is 0 Å². The van der Waals surface area contributed by atoms with Crippen LogP contribution in [0.3, 0.4) is 0 Å². The molecule has 0 aliphatic carbocycles. The number of hydrogen-bond acceptors (Lipinski definition) is 7. The minimum Gasteiger partial charge on any atom is -0.390 e. The van der Waals surface area contributed by atoms with E-state index < -0.39 is 38.1 Å². The van der Waals surface area contributed by atoms with Gasteiger partial charge in [0.25, 0.3) is 0 Å². The molecule has 10 nitrogen and oxygen atoms in total. The van der Waals surface area contributed by atoms with Crippen LogP contribution in [0.15, 0.2) is 17.1 Å². The zero-order valence-electron chi connectivity index (χ0n) is 11.8. The lowest BCUT2D eigenvalue weighted by Gasteiger charge is -2.30. The van der Waals surface area contributed by atoms with E-state index in [1.54, 1.807) is 6.92 Å². The Morgan fingerprint density at radius 1 is 1.64 bits per heavy atom. The normalized spacial score (nSPS) is 28.9. The number of rotatable bonds is 5. The van der Waals surface area contributed by atoms with Crippen LogP contribution in [0.2, 0.25) is 0 Å². The topological polar surface area (TPSA) is 157 Å². The summed E-state index contributed by atoms with van der Waals surface area (Å²) in [5.41, 5.74) is 3.46. The van der Waals surface area contributed by atoms with Gasteiger partial charge < -0.3 is 25.4 Å². The molecule has 2 heterocycles. The molecule has 124 valence electrons. The number of phosphoric acid groups is 1. The van der Waals surface area contributed by atoms with E-state index >= 15 is 0 Å². The monoisotopic (exact) mass is 335 g/mol. The summed E-state index contributed by atoms with van der Waals surface area (Å²) in [5, 5.41) is 10.2. The molecule has 0 bridgehead atoms. The first-order chi connectivity index (χ1) is 10.2. The highest BCUT2D eigenvalue weighted by Gasteiger charge is 2.49. The van der Waals surface area contributed by atoms with Gasteiger partial charge in [-0.3, -0.25) is 9.09 Å². The molecule has 0 radical (unpaired) electrons. The Hall–Kier alpha value is -1.29. The van der Waals surface area contributed by atoms with Crippen LogP contribution in [-0.4, -0.2) is 42.8 Å². The van der Waals surface area contributed by atoms with E-state index in [2.05, 4.69) is 9.51 Å². The Morgan fingerprint density at radius 3 is 2.86 bits per heavy atom. The molecule has 1 aromatic rings. The highest BCUT2D eigenvalue weighted by molar-refractivity contribution is 7.46. The summed E-state index contributed by atoms with van der Waals surface area (Å²) >= 11 is 0. The van der Waals surface area contributed by atoms with Gasteiger partial charge in [0.2, 0.25) is 0 Å². The van der Waals surface area contributed by atoms with Crippen molar-refractivity contribution in [2.24, 2.45) is 0 Å². The van der Waals surface area contributed by atoms with Gasteiger partial charge in [0.05, 0.1) is 12.7 Å². The number of ether oxygens (including phenoxy) is 1. The minimum atomic E-state index is -4.70. The Kier molecular flexibility index (Phi) is 4.71. The molecule has 22 heavy (non-hydrogen) atoms. The van der Waals surface area contributed by atoms with Crippen molar-refractivity contribution < 1.29 is 28.7 Å². The molecule has 2 rings (SSSR count). The number of nitrogens with two attached hydrogens (primary N) is 1. The van der Waals surface area contributed by atoms with Crippen LogP contribution in [0.5, 0.6) is 0 Å². The third kappa shape index (κ3) is 3.54. The average Bonchev–Trinajstić information content (AvgIpc) is 2.73. The predicted octanol–water partition coefficient (Wildman–Crippen LogP) is -0.637. The van der Waals surface area contributed by atoms with Gasteiger partial charge in [-0.15, -0.1) is 0 Å². The fraction of sp³-hybridized carbons (Fsp3) is 0.636. The first-order valence-corrected chi connectivity index (χ1v) is 8.10. The minimum absolute atomic E-state index is 0.0594. The molecule has 0 amide bonds. The number of hydrogen-bond donors (Lipinski definition) is 4. The molecule has 1 aromatic heterocycles. The summed E-state index contributed by atoms with van der Waals surface area (Å²) in [6.07, 6.45) is -0.196. The largest absolute Gasteiger partial charge is 0.469 e. The van der Waals surface area contributed by atoms with Crippen molar-refractivity contribution >= 4 is 13.6 Å². The molecule has 0 spiro atoms. The highest BCUT2D eigenvalue weighted by Crippen LogP contribution is 2.43. The van der Waals surface area contributed by atoms with Crippen LogP contribution in [0, 0.1) is 0 Å². The third-order valence-corrected chi connectivity index (χ3v) is 4.11. The van der Waals surface area contributed by atoms with Crippen molar-refractivity contribution in [3.63, 3.8) is 0 Å². The number of aromatic nitrogens is 2. The molecule has 5 N–H and O–H groups in total. The summed E-state index contributed by atoms with van der Waals surface area (Å²) in [5.74, 6) is 0.0615. The molecule has 3 atom stereocenters. The second-order valence-corrected chi connectivity index (χ2v) is 6.29. The van der Waals surface area contributed by atoms with E-state index in [1.165, 1.54) is 12.3 Å². The van der Waals surface area contributed by atoms with E-state index in [4.69, 9.17) is 20.3 Å². The highest BCUT2D eigenvalue weighted by atomic mass is 31.2. The SMILES string of the molecule is CC[C@]1(COP(=O)(O)O)O[C@@H](n2ccc(N)nc2=O)C[C@@H]1O. The first kappa shape index (κ1) is 17.1. The fourth-order valence-corrected chi connectivity index (χ4v) is 2.75. The van der Waals surface area contributed by atoms with Crippen molar-refractivity contribution in [3.05, 3.63) is 22.7 Å². The molecular weight excluding hydrogens is 317 g/mol. The van der Waals surface area contributed by atoms with Gasteiger partial charge in [-0.25, -0.2) is 9.36 Å². The van der Waals surface area contributed by atoms with Crippen LogP contribution < -0.4 is 11.4 Å². The molecule has 0 aromatic carbocycles. The molecule has 0 saturated carbocycles. The van der Waals surface area contributed by atoms with Crippen molar-refractivity contribution in [3.8, 4) is 0 Å². The summed E-state index contributed by atoms with van der Waals surface area (Å²) in [6, 6.07) is 1.41. The molecule has 1 aliphatic heterocycles. The maximum atomic E-state index is 11.8. The summed E-state index contributed by atoms with van der Waals surface area (Å²) in [6.45, 7) is 1.18. The van der Waals surface area contributed by atoms with E-state index in [-0.39, 0.29) is 18.7 Å². The quantitative estimate of drug-likeness (QED) is 0.514. The Balaban J connectivity index is 2.22. The maximum absolute atomic E-state index is 11.8. The lowest BCUT2D eigenvalue weighted by Crippen LogP contribution is -2.43. The number of anilines is 1. The summed E-state index contributed by atoms with van der Waals surface area (Å²) in [4.78, 5) is 33.0. The first-order valence-electron chi connectivity index (χ1n) is 6.57.